The van der Waals surface area contributed by atoms with Crippen LogP contribution in [0.4, 0.5) is 0 Å². The van der Waals surface area contributed by atoms with Crippen LogP contribution in [-0.2, 0) is 4.87 Å². The Morgan fingerprint density at radius 3 is 1.36 bits per heavy atom. The molecule has 1 aromatic carbocycles. The SMILES string of the molecule is ClC(Cl)(Cl)C(Cl)(Cl)C(Cl)(Cl)C(Cl)(Cl)C(Cl)(c1[c]cccc1)C(Cl)(Cl)Cl. The summed E-state index contributed by atoms with van der Waals surface area (Å²) in [6.45, 7) is 0. The molecule has 1 aromatic rings. The standard InChI is InChI=1S/C12H4Cl13/c13-7(11(20,21)22,6-4-2-1-3-5-6)8(14,15)9(16,17)10(18,19)12(23,24)25/h1-4H. The molecule has 13 heteroatoms. The molecule has 1 rings (SSSR count). The number of halogens is 13. The molecule has 0 bridgehead atoms. The molecule has 1 radical (unpaired) electrons. The van der Waals surface area contributed by atoms with Gasteiger partial charge in [0.25, 0.3) is 0 Å². The van der Waals surface area contributed by atoms with Crippen molar-refractivity contribution in [2.24, 2.45) is 0 Å². The molecule has 0 heterocycles. The van der Waals surface area contributed by atoms with E-state index < -0.39 is 25.5 Å². The monoisotopic (exact) mass is 603 g/mol. The largest absolute Gasteiger partial charge is 0.226 e. The quantitative estimate of drug-likeness (QED) is 0.299. The van der Waals surface area contributed by atoms with Crippen LogP contribution < -0.4 is 0 Å². The van der Waals surface area contributed by atoms with Gasteiger partial charge in [0.15, 0.2) is 17.9 Å². The molecule has 0 aromatic heterocycles. The van der Waals surface area contributed by atoms with Crippen molar-refractivity contribution in [1.82, 2.24) is 0 Å². The summed E-state index contributed by atoms with van der Waals surface area (Å²) >= 11 is 79.4. The highest BCUT2D eigenvalue weighted by atomic mass is 35.6. The number of rotatable bonds is 4. The lowest BCUT2D eigenvalue weighted by atomic mass is 9.91. The van der Waals surface area contributed by atoms with Crippen LogP contribution in [0.15, 0.2) is 24.3 Å². The summed E-state index contributed by atoms with van der Waals surface area (Å²) in [6, 6.07) is 8.77. The Kier molecular flexibility index (Phi) is 8.60. The van der Waals surface area contributed by atoms with Crippen molar-refractivity contribution >= 4 is 151 Å². The molecule has 0 N–H and O–H groups in total. The first-order chi connectivity index (χ1) is 10.9. The molecule has 1 atom stereocenters. The van der Waals surface area contributed by atoms with Crippen LogP contribution in [-0.4, -0.2) is 20.6 Å². The summed E-state index contributed by atoms with van der Waals surface area (Å²) in [7, 11) is 0. The number of hydrogen-bond acceptors (Lipinski definition) is 0. The van der Waals surface area contributed by atoms with E-state index in [4.69, 9.17) is 151 Å². The van der Waals surface area contributed by atoms with E-state index in [0.717, 1.165) is 0 Å². The predicted octanol–water partition coefficient (Wildman–Crippen LogP) is 9.18. The Hall–Kier alpha value is 2.99. The minimum Gasteiger partial charge on any atom is -0.106 e. The third-order valence-electron chi connectivity index (χ3n) is 3.05. The third-order valence-corrected chi connectivity index (χ3v) is 10.8. The van der Waals surface area contributed by atoms with E-state index in [0.29, 0.717) is 0 Å². The number of hydrogen-bond donors (Lipinski definition) is 0. The van der Waals surface area contributed by atoms with Crippen LogP contribution in [0.25, 0.3) is 0 Å². The highest BCUT2D eigenvalue weighted by Gasteiger charge is 2.77. The minimum absolute atomic E-state index is 0.0146. The fraction of sp³-hybridized carbons (Fsp3) is 0.500. The molecule has 0 saturated carbocycles. The molecule has 1 unspecified atom stereocenters. The van der Waals surface area contributed by atoms with Gasteiger partial charge in [0.2, 0.25) is 7.59 Å². The van der Waals surface area contributed by atoms with Gasteiger partial charge in [-0.2, -0.15) is 0 Å². The van der Waals surface area contributed by atoms with Crippen molar-refractivity contribution < 1.29 is 0 Å². The highest BCUT2D eigenvalue weighted by Crippen LogP contribution is 2.71. The van der Waals surface area contributed by atoms with Gasteiger partial charge in [-0.3, -0.25) is 0 Å². The van der Waals surface area contributed by atoms with Gasteiger partial charge in [-0.1, -0.05) is 163 Å². The van der Waals surface area contributed by atoms with Gasteiger partial charge in [0.1, 0.15) is 0 Å². The van der Waals surface area contributed by atoms with E-state index in [1.807, 2.05) is 0 Å². The Morgan fingerprint density at radius 2 is 1.04 bits per heavy atom. The van der Waals surface area contributed by atoms with Crippen molar-refractivity contribution in [2.75, 3.05) is 0 Å². The summed E-state index contributed by atoms with van der Waals surface area (Å²) in [6.07, 6.45) is 0. The van der Waals surface area contributed by atoms with Gasteiger partial charge >= 0.3 is 0 Å². The summed E-state index contributed by atoms with van der Waals surface area (Å²) in [5.41, 5.74) is 0.0146. The van der Waals surface area contributed by atoms with Gasteiger partial charge in [-0.15, -0.1) is 11.6 Å². The fourth-order valence-electron chi connectivity index (χ4n) is 1.70. The van der Waals surface area contributed by atoms with Gasteiger partial charge < -0.3 is 0 Å². The minimum atomic E-state index is -2.67. The van der Waals surface area contributed by atoms with Crippen molar-refractivity contribution in [3.05, 3.63) is 35.9 Å². The summed E-state index contributed by atoms with van der Waals surface area (Å²) in [5, 5.41) is 0. The first kappa shape index (κ1) is 26.0. The molecular formula is C12H4Cl13. The van der Waals surface area contributed by atoms with Crippen molar-refractivity contribution in [3.63, 3.8) is 0 Å². The topological polar surface area (TPSA) is 0 Å². The van der Waals surface area contributed by atoms with Crippen LogP contribution in [0, 0.1) is 6.07 Å². The smallest absolute Gasteiger partial charge is 0.106 e. The normalized spacial score (nSPS) is 17.3. The molecule has 0 aliphatic heterocycles. The molecule has 0 spiro atoms. The zero-order valence-electron chi connectivity index (χ0n) is 11.2. The molecule has 0 nitrogen and oxygen atoms in total. The van der Waals surface area contributed by atoms with Crippen LogP contribution in [0.3, 0.4) is 0 Å². The van der Waals surface area contributed by atoms with Crippen LogP contribution >= 0.6 is 151 Å². The second kappa shape index (κ2) is 8.26. The Balaban J connectivity index is 3.75. The van der Waals surface area contributed by atoms with Crippen molar-refractivity contribution in [1.29, 1.82) is 0 Å². The lowest BCUT2D eigenvalue weighted by molar-refractivity contribution is 0.455. The number of alkyl halides is 13. The highest BCUT2D eigenvalue weighted by molar-refractivity contribution is 6.81. The average molecular weight is 609 g/mol. The van der Waals surface area contributed by atoms with Gasteiger partial charge in [-0.25, -0.2) is 0 Å². The van der Waals surface area contributed by atoms with Gasteiger partial charge in [-0.05, 0) is 11.6 Å². The van der Waals surface area contributed by atoms with Crippen LogP contribution in [0.2, 0.25) is 0 Å². The lowest BCUT2D eigenvalue weighted by Gasteiger charge is -2.52. The fourth-order valence-corrected chi connectivity index (χ4v) is 5.61. The van der Waals surface area contributed by atoms with Crippen molar-refractivity contribution in [2.45, 2.75) is 25.5 Å². The van der Waals surface area contributed by atoms with Crippen LogP contribution in [0.1, 0.15) is 5.56 Å². The molecule has 0 saturated heterocycles. The van der Waals surface area contributed by atoms with E-state index in [1.165, 1.54) is 12.1 Å². The third kappa shape index (κ3) is 4.39. The summed E-state index contributed by atoms with van der Waals surface area (Å²) < 4.78 is -12.7. The van der Waals surface area contributed by atoms with Crippen molar-refractivity contribution in [3.8, 4) is 0 Å². The maximum atomic E-state index is 6.57. The lowest BCUT2D eigenvalue weighted by Crippen LogP contribution is -2.65. The average Bonchev–Trinajstić information content (AvgIpc) is 2.44. The maximum Gasteiger partial charge on any atom is 0.226 e. The molecule has 25 heavy (non-hydrogen) atoms. The maximum absolute atomic E-state index is 6.57. The molecule has 0 amide bonds. The Morgan fingerprint density at radius 1 is 0.560 bits per heavy atom. The summed E-state index contributed by atoms with van der Waals surface area (Å²) in [4.78, 5) is -2.33. The van der Waals surface area contributed by atoms with E-state index in [1.54, 1.807) is 12.1 Å². The predicted molar refractivity (Wildman–Crippen MR) is 117 cm³/mol. The van der Waals surface area contributed by atoms with Gasteiger partial charge in [0, 0.05) is 0 Å². The number of benzene rings is 1. The second-order valence-corrected chi connectivity index (χ2v) is 13.8. The molecule has 0 fully saturated rings. The van der Waals surface area contributed by atoms with E-state index in [-0.39, 0.29) is 5.56 Å². The molecule has 0 aliphatic rings. The summed E-state index contributed by atoms with van der Waals surface area (Å²) in [5.74, 6) is 0. The van der Waals surface area contributed by atoms with Gasteiger partial charge in [0.05, 0.1) is 0 Å². The van der Waals surface area contributed by atoms with Crippen LogP contribution in [0.5, 0.6) is 0 Å². The van der Waals surface area contributed by atoms with E-state index in [2.05, 4.69) is 6.07 Å². The zero-order valence-corrected chi connectivity index (χ0v) is 21.1. The molecule has 0 aliphatic carbocycles. The Labute approximate surface area is 210 Å². The first-order valence-corrected chi connectivity index (χ1v) is 10.7. The van der Waals surface area contributed by atoms with E-state index in [9.17, 15) is 0 Å². The first-order valence-electron chi connectivity index (χ1n) is 5.78. The molecule has 143 valence electrons. The molecular weight excluding hydrogens is 605 g/mol. The second-order valence-electron chi connectivity index (χ2n) is 4.65. The van der Waals surface area contributed by atoms with E-state index >= 15 is 0 Å². The Bertz CT molecular complexity index is 598. The zero-order chi connectivity index (χ0) is 20.1.